The van der Waals surface area contributed by atoms with Gasteiger partial charge in [-0.1, -0.05) is 6.92 Å². The third-order valence-electron chi connectivity index (χ3n) is 2.15. The summed E-state index contributed by atoms with van der Waals surface area (Å²) < 4.78 is 44.7. The summed E-state index contributed by atoms with van der Waals surface area (Å²) >= 11 is 0.639. The van der Waals surface area contributed by atoms with Crippen molar-refractivity contribution in [2.24, 2.45) is 5.92 Å². The Morgan fingerprint density at radius 3 is 2.61 bits per heavy atom. The molecule has 1 unspecified atom stereocenters. The molecule has 102 valence electrons. The van der Waals surface area contributed by atoms with Crippen LogP contribution in [0.15, 0.2) is 0 Å². The van der Waals surface area contributed by atoms with Gasteiger partial charge >= 0.3 is 12.1 Å². The Kier molecular flexibility index (Phi) is 4.49. The van der Waals surface area contributed by atoms with Crippen LogP contribution in [0.1, 0.15) is 12.7 Å². The van der Waals surface area contributed by atoms with Crippen molar-refractivity contribution in [1.82, 2.24) is 9.36 Å². The molecule has 0 bridgehead atoms. The second-order valence-corrected chi connectivity index (χ2v) is 4.43. The van der Waals surface area contributed by atoms with E-state index in [0.29, 0.717) is 11.5 Å². The number of hydrogen-bond donors (Lipinski definition) is 0. The van der Waals surface area contributed by atoms with Gasteiger partial charge in [-0.3, -0.25) is 4.79 Å². The number of esters is 1. The molecule has 9 heteroatoms. The number of nitrogens with zero attached hydrogens (tertiary/aromatic N) is 3. The molecule has 0 N–H and O–H groups in total. The number of carbonyl (C=O) groups is 1. The number of carbonyl (C=O) groups excluding carboxylic acids is 1. The lowest BCUT2D eigenvalue weighted by atomic mass is 10.2. The van der Waals surface area contributed by atoms with Gasteiger partial charge in [0.25, 0.3) is 0 Å². The molecule has 1 aromatic rings. The fourth-order valence-electron chi connectivity index (χ4n) is 1.25. The monoisotopic (exact) mass is 283 g/mol. The first kappa shape index (κ1) is 14.7. The molecule has 0 aromatic carbocycles. The maximum atomic E-state index is 12.3. The molecule has 0 saturated heterocycles. The molecular weight excluding hydrogens is 271 g/mol. The number of rotatable bonds is 4. The summed E-state index contributed by atoms with van der Waals surface area (Å²) in [6.07, 6.45) is -4.55. The van der Waals surface area contributed by atoms with E-state index >= 15 is 0 Å². The molecule has 0 aliphatic rings. The fraction of sp³-hybridized carbons (Fsp3) is 0.667. The highest BCUT2D eigenvalue weighted by atomic mass is 32.1. The van der Waals surface area contributed by atoms with Gasteiger partial charge in [0.1, 0.15) is 0 Å². The Labute approximate surface area is 106 Å². The van der Waals surface area contributed by atoms with E-state index in [1.165, 1.54) is 12.0 Å². The van der Waals surface area contributed by atoms with Crippen molar-refractivity contribution in [3.63, 3.8) is 0 Å². The molecule has 5 nitrogen and oxygen atoms in total. The fourth-order valence-corrected chi connectivity index (χ4v) is 1.90. The Morgan fingerprint density at radius 1 is 1.56 bits per heavy atom. The minimum absolute atomic E-state index is 0.109. The number of hydrogen-bond acceptors (Lipinski definition) is 6. The van der Waals surface area contributed by atoms with Crippen molar-refractivity contribution in [2.75, 3.05) is 25.6 Å². The summed E-state index contributed by atoms with van der Waals surface area (Å²) in [5.41, 5.74) is 0. The van der Waals surface area contributed by atoms with Gasteiger partial charge in [-0.05, 0) is 0 Å². The molecule has 0 aliphatic carbocycles. The van der Waals surface area contributed by atoms with Crippen LogP contribution in [-0.2, 0) is 15.7 Å². The van der Waals surface area contributed by atoms with Gasteiger partial charge < -0.3 is 9.64 Å². The third kappa shape index (κ3) is 3.56. The molecule has 0 radical (unpaired) electrons. The summed E-state index contributed by atoms with van der Waals surface area (Å²) in [4.78, 5) is 16.0. The predicted molar refractivity (Wildman–Crippen MR) is 59.4 cm³/mol. The molecule has 1 rings (SSSR count). The Balaban J connectivity index is 2.70. The maximum Gasteiger partial charge on any atom is 0.452 e. The van der Waals surface area contributed by atoms with E-state index < -0.39 is 23.9 Å². The molecule has 0 spiro atoms. The van der Waals surface area contributed by atoms with Gasteiger partial charge in [-0.2, -0.15) is 22.5 Å². The third-order valence-corrected chi connectivity index (χ3v) is 2.98. The quantitative estimate of drug-likeness (QED) is 0.789. The Morgan fingerprint density at radius 2 is 2.17 bits per heavy atom. The van der Waals surface area contributed by atoms with E-state index in [0.717, 1.165) is 0 Å². The van der Waals surface area contributed by atoms with Crippen LogP contribution in [-0.4, -0.2) is 36.0 Å². The Hall–Kier alpha value is -1.38. The number of alkyl halides is 3. The van der Waals surface area contributed by atoms with Gasteiger partial charge in [0.05, 0.1) is 13.0 Å². The van der Waals surface area contributed by atoms with Crippen molar-refractivity contribution in [3.8, 4) is 0 Å². The number of methoxy groups -OCH3 is 1. The highest BCUT2D eigenvalue weighted by Gasteiger charge is 2.36. The first-order chi connectivity index (χ1) is 8.25. The van der Waals surface area contributed by atoms with Gasteiger partial charge in [0.15, 0.2) is 0 Å². The summed E-state index contributed by atoms with van der Waals surface area (Å²) in [5.74, 6) is -2.05. The lowest BCUT2D eigenvalue weighted by Gasteiger charge is -2.18. The van der Waals surface area contributed by atoms with Crippen LogP contribution in [0, 0.1) is 5.92 Å². The summed E-state index contributed by atoms with van der Waals surface area (Å²) in [7, 11) is 2.80. The van der Waals surface area contributed by atoms with Crippen LogP contribution < -0.4 is 4.90 Å². The standard InChI is InChI=1S/C9H12F3N3O2S/c1-5(6(16)17-3)4-15(2)8-13-7(14-18-8)9(10,11)12/h5H,4H2,1-3H3. The predicted octanol–water partition coefficient (Wildman–Crippen LogP) is 1.80. The Bertz CT molecular complexity index is 421. The molecule has 0 fully saturated rings. The van der Waals surface area contributed by atoms with Crippen molar-refractivity contribution in [3.05, 3.63) is 5.82 Å². The molecule has 0 aliphatic heterocycles. The molecule has 0 amide bonds. The maximum absolute atomic E-state index is 12.3. The zero-order valence-electron chi connectivity index (χ0n) is 9.98. The molecule has 1 atom stereocenters. The van der Waals surface area contributed by atoms with Gasteiger partial charge in [0, 0.05) is 25.1 Å². The van der Waals surface area contributed by atoms with E-state index in [2.05, 4.69) is 14.1 Å². The zero-order valence-corrected chi connectivity index (χ0v) is 10.8. The second-order valence-electron chi connectivity index (χ2n) is 3.70. The van der Waals surface area contributed by atoms with Crippen LogP contribution in [0.5, 0.6) is 0 Å². The van der Waals surface area contributed by atoms with E-state index in [1.807, 2.05) is 0 Å². The normalized spacial score (nSPS) is 13.2. The summed E-state index contributed by atoms with van der Waals surface area (Å²) in [5, 5.41) is 0.109. The van der Waals surface area contributed by atoms with Crippen LogP contribution in [0.4, 0.5) is 18.3 Å². The number of halogens is 3. The van der Waals surface area contributed by atoms with Gasteiger partial charge in [-0.25, -0.2) is 0 Å². The highest BCUT2D eigenvalue weighted by molar-refractivity contribution is 7.09. The number of anilines is 1. The lowest BCUT2D eigenvalue weighted by molar-refractivity contribution is -0.145. The average molecular weight is 283 g/mol. The number of aromatic nitrogens is 2. The largest absolute Gasteiger partial charge is 0.469 e. The van der Waals surface area contributed by atoms with Gasteiger partial charge in [-0.15, -0.1) is 0 Å². The first-order valence-electron chi connectivity index (χ1n) is 4.95. The topological polar surface area (TPSA) is 55.3 Å². The van der Waals surface area contributed by atoms with E-state index in [-0.39, 0.29) is 11.7 Å². The average Bonchev–Trinajstić information content (AvgIpc) is 2.76. The molecule has 1 heterocycles. The SMILES string of the molecule is COC(=O)C(C)CN(C)c1nc(C(F)(F)F)ns1. The molecule has 18 heavy (non-hydrogen) atoms. The van der Waals surface area contributed by atoms with Gasteiger partial charge in [0.2, 0.25) is 11.0 Å². The second kappa shape index (κ2) is 5.51. The van der Waals surface area contributed by atoms with Crippen LogP contribution >= 0.6 is 11.5 Å². The van der Waals surface area contributed by atoms with E-state index in [1.54, 1.807) is 14.0 Å². The lowest BCUT2D eigenvalue weighted by Crippen LogP contribution is -2.29. The van der Waals surface area contributed by atoms with Crippen molar-refractivity contribution < 1.29 is 22.7 Å². The minimum atomic E-state index is -4.55. The van der Waals surface area contributed by atoms with Crippen LogP contribution in [0.2, 0.25) is 0 Å². The minimum Gasteiger partial charge on any atom is -0.469 e. The molecular formula is C9H12F3N3O2S. The zero-order chi connectivity index (χ0) is 13.9. The van der Waals surface area contributed by atoms with Crippen molar-refractivity contribution >= 4 is 22.6 Å². The first-order valence-corrected chi connectivity index (χ1v) is 5.73. The number of ether oxygens (including phenoxy) is 1. The molecule has 1 aromatic heterocycles. The van der Waals surface area contributed by atoms with E-state index in [9.17, 15) is 18.0 Å². The van der Waals surface area contributed by atoms with E-state index in [4.69, 9.17) is 0 Å². The smallest absolute Gasteiger partial charge is 0.452 e. The summed E-state index contributed by atoms with van der Waals surface area (Å²) in [6, 6.07) is 0. The van der Waals surface area contributed by atoms with Crippen LogP contribution in [0.3, 0.4) is 0 Å². The van der Waals surface area contributed by atoms with Crippen molar-refractivity contribution in [2.45, 2.75) is 13.1 Å². The van der Waals surface area contributed by atoms with Crippen molar-refractivity contribution in [1.29, 1.82) is 0 Å². The summed E-state index contributed by atoms with van der Waals surface area (Å²) in [6.45, 7) is 1.83. The van der Waals surface area contributed by atoms with Crippen LogP contribution in [0.25, 0.3) is 0 Å². The molecule has 0 saturated carbocycles. The highest BCUT2D eigenvalue weighted by Crippen LogP contribution is 2.30.